The van der Waals surface area contributed by atoms with E-state index in [1.165, 1.54) is 6.07 Å². The summed E-state index contributed by atoms with van der Waals surface area (Å²) in [6.07, 6.45) is 8.54. The standard InChI is InChI=1S/C31H43FN8O.H2/c1-5-6-7-8-13-40-28(30(41)36(2)3)20-23-22-33-31(35-29(23)40)34-24-9-10-27(26(32)21-24)39-14-11-25(12-15-39)38-18-16-37(4)17-19-38;/h5,9-10,20-22,25H,1,6-8,11-19H2,2-4H3,(H,33,34,35);1H. The fraction of sp³-hybridized carbons (Fsp3) is 0.516. The van der Waals surface area contributed by atoms with E-state index in [2.05, 4.69) is 38.6 Å². The minimum absolute atomic E-state index is 0. The van der Waals surface area contributed by atoms with Crippen molar-refractivity contribution in [3.05, 3.63) is 54.6 Å². The van der Waals surface area contributed by atoms with Crippen molar-refractivity contribution in [2.75, 3.05) is 70.6 Å². The monoisotopic (exact) mass is 564 g/mol. The van der Waals surface area contributed by atoms with Crippen LogP contribution in [-0.4, -0.2) is 102 Å². The van der Waals surface area contributed by atoms with Gasteiger partial charge in [-0.2, -0.15) is 4.98 Å². The molecule has 0 aliphatic carbocycles. The number of piperazine rings is 1. The highest BCUT2D eigenvalue weighted by atomic mass is 19.1. The van der Waals surface area contributed by atoms with Crippen LogP contribution >= 0.6 is 0 Å². The van der Waals surface area contributed by atoms with Crippen LogP contribution in [-0.2, 0) is 6.54 Å². The maximum atomic E-state index is 15.3. The molecule has 0 radical (unpaired) electrons. The molecule has 0 atom stereocenters. The van der Waals surface area contributed by atoms with Gasteiger partial charge in [0.25, 0.3) is 5.91 Å². The molecule has 9 nitrogen and oxygen atoms in total. The summed E-state index contributed by atoms with van der Waals surface area (Å²) < 4.78 is 17.3. The van der Waals surface area contributed by atoms with E-state index in [-0.39, 0.29) is 13.2 Å². The highest BCUT2D eigenvalue weighted by Gasteiger charge is 2.27. The van der Waals surface area contributed by atoms with Crippen LogP contribution in [0.5, 0.6) is 0 Å². The van der Waals surface area contributed by atoms with Crippen LogP contribution in [0.25, 0.3) is 11.0 Å². The lowest BCUT2D eigenvalue weighted by Gasteiger charge is -2.42. The van der Waals surface area contributed by atoms with Crippen molar-refractivity contribution in [2.24, 2.45) is 0 Å². The number of anilines is 3. The second-order valence-electron chi connectivity index (χ2n) is 11.5. The molecule has 4 heterocycles. The second kappa shape index (κ2) is 13.0. The molecule has 41 heavy (non-hydrogen) atoms. The van der Waals surface area contributed by atoms with Crippen LogP contribution < -0.4 is 10.2 Å². The molecular formula is C31H45FN8O. The summed E-state index contributed by atoms with van der Waals surface area (Å²) in [5.41, 5.74) is 2.50. The quantitative estimate of drug-likeness (QED) is 0.279. The lowest BCUT2D eigenvalue weighted by atomic mass is 10.0. The predicted molar refractivity (Wildman–Crippen MR) is 166 cm³/mol. The van der Waals surface area contributed by atoms with Gasteiger partial charge in [-0.05, 0) is 63.4 Å². The number of halogens is 1. The second-order valence-corrected chi connectivity index (χ2v) is 11.5. The van der Waals surface area contributed by atoms with Crippen molar-refractivity contribution in [3.63, 3.8) is 0 Å². The van der Waals surface area contributed by atoms with E-state index in [1.807, 2.05) is 28.8 Å². The van der Waals surface area contributed by atoms with Gasteiger partial charge in [-0.15, -0.1) is 6.58 Å². The number of rotatable bonds is 10. The number of carbonyl (C=O) groups is 1. The van der Waals surface area contributed by atoms with Gasteiger partial charge in [-0.25, -0.2) is 9.37 Å². The number of aromatic nitrogens is 3. The van der Waals surface area contributed by atoms with Crippen molar-refractivity contribution < 1.29 is 10.6 Å². The van der Waals surface area contributed by atoms with Gasteiger partial charge in [-0.1, -0.05) is 6.08 Å². The summed E-state index contributed by atoms with van der Waals surface area (Å²) in [7, 11) is 5.67. The number of nitrogens with zero attached hydrogens (tertiary/aromatic N) is 7. The highest BCUT2D eigenvalue weighted by Crippen LogP contribution is 2.29. The number of fused-ring (bicyclic) bond motifs is 1. The minimum atomic E-state index is -0.251. The summed E-state index contributed by atoms with van der Waals surface area (Å²) in [4.78, 5) is 30.8. The normalized spacial score (nSPS) is 17.2. The maximum absolute atomic E-state index is 15.3. The van der Waals surface area contributed by atoms with Gasteiger partial charge in [-0.3, -0.25) is 9.69 Å². The lowest BCUT2D eigenvalue weighted by Crippen LogP contribution is -2.52. The molecule has 2 saturated heterocycles. The number of allylic oxidation sites excluding steroid dienone is 1. The Morgan fingerprint density at radius 2 is 1.90 bits per heavy atom. The van der Waals surface area contributed by atoms with E-state index >= 15 is 4.39 Å². The summed E-state index contributed by atoms with van der Waals surface area (Å²) >= 11 is 0. The van der Waals surface area contributed by atoms with Crippen molar-refractivity contribution in [3.8, 4) is 0 Å². The number of amides is 1. The Balaban J connectivity index is 0.00000405. The molecule has 0 spiro atoms. The molecular weight excluding hydrogens is 519 g/mol. The van der Waals surface area contributed by atoms with Gasteiger partial charge in [0.2, 0.25) is 5.95 Å². The molecule has 2 aromatic heterocycles. The summed E-state index contributed by atoms with van der Waals surface area (Å²) in [6.45, 7) is 10.7. The van der Waals surface area contributed by atoms with Crippen molar-refractivity contribution in [1.82, 2.24) is 29.2 Å². The first kappa shape index (κ1) is 29.0. The van der Waals surface area contributed by atoms with Crippen LogP contribution in [0.15, 0.2) is 43.1 Å². The predicted octanol–water partition coefficient (Wildman–Crippen LogP) is 4.83. The number of nitrogens with one attached hydrogen (secondary N) is 1. The first-order valence-corrected chi connectivity index (χ1v) is 14.8. The maximum Gasteiger partial charge on any atom is 0.270 e. The first-order valence-electron chi connectivity index (χ1n) is 14.8. The molecule has 3 aromatic rings. The van der Waals surface area contributed by atoms with Gasteiger partial charge in [0, 0.05) is 84.6 Å². The van der Waals surface area contributed by atoms with E-state index in [1.54, 1.807) is 25.2 Å². The number of likely N-dealkylation sites (N-methyl/N-ethyl adjacent to an activating group) is 1. The highest BCUT2D eigenvalue weighted by molar-refractivity contribution is 5.97. The fourth-order valence-corrected chi connectivity index (χ4v) is 5.92. The summed E-state index contributed by atoms with van der Waals surface area (Å²) in [5, 5.41) is 3.97. The smallest absolute Gasteiger partial charge is 0.270 e. The van der Waals surface area contributed by atoms with Crippen LogP contribution in [0, 0.1) is 5.82 Å². The summed E-state index contributed by atoms with van der Waals surface area (Å²) in [5.74, 6) is 0.0389. The fourth-order valence-electron chi connectivity index (χ4n) is 5.92. The largest absolute Gasteiger partial charge is 0.369 e. The van der Waals surface area contributed by atoms with Crippen molar-refractivity contribution >= 4 is 34.3 Å². The number of aryl methyl sites for hydroxylation is 1. The Kier molecular flexibility index (Phi) is 9.19. The third-order valence-electron chi connectivity index (χ3n) is 8.36. The first-order chi connectivity index (χ1) is 19.8. The zero-order valence-corrected chi connectivity index (χ0v) is 24.7. The van der Waals surface area contributed by atoms with Gasteiger partial charge < -0.3 is 24.6 Å². The van der Waals surface area contributed by atoms with E-state index in [0.717, 1.165) is 76.8 Å². The molecule has 1 N–H and O–H groups in total. The molecule has 1 amide bonds. The van der Waals surface area contributed by atoms with Crippen molar-refractivity contribution in [2.45, 2.75) is 44.7 Å². The number of hydrogen-bond donors (Lipinski definition) is 1. The molecule has 10 heteroatoms. The molecule has 5 rings (SSSR count). The van der Waals surface area contributed by atoms with Crippen LogP contribution in [0.4, 0.5) is 21.7 Å². The average molecular weight is 565 g/mol. The Bertz CT molecular complexity index is 1360. The Labute approximate surface area is 244 Å². The molecule has 2 fully saturated rings. The molecule has 0 bridgehead atoms. The van der Waals surface area contributed by atoms with Crippen LogP contribution in [0.3, 0.4) is 0 Å². The van der Waals surface area contributed by atoms with E-state index in [9.17, 15) is 4.79 Å². The lowest BCUT2D eigenvalue weighted by molar-refractivity contribution is 0.0817. The number of unbranched alkanes of at least 4 members (excludes halogenated alkanes) is 2. The zero-order valence-electron chi connectivity index (χ0n) is 24.7. The van der Waals surface area contributed by atoms with Crippen LogP contribution in [0.2, 0.25) is 0 Å². The van der Waals surface area contributed by atoms with Gasteiger partial charge >= 0.3 is 0 Å². The average Bonchev–Trinajstić information content (AvgIpc) is 3.33. The van der Waals surface area contributed by atoms with Gasteiger partial charge in [0.1, 0.15) is 17.2 Å². The van der Waals surface area contributed by atoms with Gasteiger partial charge in [0.15, 0.2) is 0 Å². The molecule has 222 valence electrons. The molecule has 0 saturated carbocycles. The topological polar surface area (TPSA) is 72.8 Å². The third kappa shape index (κ3) is 6.70. The molecule has 2 aliphatic heterocycles. The third-order valence-corrected chi connectivity index (χ3v) is 8.36. The minimum Gasteiger partial charge on any atom is -0.369 e. The van der Waals surface area contributed by atoms with Gasteiger partial charge in [0.05, 0.1) is 5.69 Å². The SMILES string of the molecule is C=CCCCCn1c(C(=O)N(C)C)cc2cnc(Nc3ccc(N4CCC(N5CCN(C)CC5)CC4)c(F)c3)nc21.[HH]. The van der Waals surface area contributed by atoms with E-state index in [4.69, 9.17) is 4.98 Å². The number of hydrogen-bond acceptors (Lipinski definition) is 7. The molecule has 0 unspecified atom stereocenters. The molecule has 2 aliphatic rings. The van der Waals surface area contributed by atoms with E-state index < -0.39 is 0 Å². The number of piperidine rings is 1. The molecule has 1 aromatic carbocycles. The number of benzene rings is 1. The van der Waals surface area contributed by atoms with Crippen molar-refractivity contribution in [1.29, 1.82) is 0 Å². The Hall–Kier alpha value is -3.50. The zero-order chi connectivity index (χ0) is 28.9. The number of carbonyl (C=O) groups excluding carboxylic acids is 1. The Morgan fingerprint density at radius 1 is 1.15 bits per heavy atom. The van der Waals surface area contributed by atoms with E-state index in [0.29, 0.717) is 41.3 Å². The Morgan fingerprint density at radius 3 is 2.59 bits per heavy atom. The summed E-state index contributed by atoms with van der Waals surface area (Å²) in [6, 6.07) is 7.68. The van der Waals surface area contributed by atoms with Crippen LogP contribution in [0.1, 0.15) is 44.0 Å².